The standard InChI is InChI=1S/C8H10F3N2O3/c1-4(3-14)12-6(15)5(2)13-7(16)8(9,10)11/h4-5H,1-2H3,(H,12,15)(H,13,16)/t4-,5-/m0/s1. The van der Waals surface area contributed by atoms with Crippen molar-refractivity contribution in [1.29, 1.82) is 0 Å². The third-order valence-electron chi connectivity index (χ3n) is 1.53. The largest absolute Gasteiger partial charge is 0.471 e. The molecule has 0 rings (SSSR count). The van der Waals surface area contributed by atoms with Crippen molar-refractivity contribution in [2.24, 2.45) is 0 Å². The van der Waals surface area contributed by atoms with Crippen molar-refractivity contribution in [1.82, 2.24) is 10.6 Å². The minimum atomic E-state index is -5.04. The van der Waals surface area contributed by atoms with Crippen molar-refractivity contribution in [2.45, 2.75) is 32.1 Å². The first-order valence-electron chi connectivity index (χ1n) is 4.24. The summed E-state index contributed by atoms with van der Waals surface area (Å²) in [5.41, 5.74) is 0. The van der Waals surface area contributed by atoms with Crippen LogP contribution in [0.1, 0.15) is 13.8 Å². The first kappa shape index (κ1) is 14.4. The molecule has 8 heteroatoms. The summed E-state index contributed by atoms with van der Waals surface area (Å²) in [6, 6.07) is -2.33. The lowest BCUT2D eigenvalue weighted by Crippen LogP contribution is -2.50. The molecule has 0 saturated heterocycles. The molecule has 91 valence electrons. The summed E-state index contributed by atoms with van der Waals surface area (Å²) in [5.74, 6) is -3.11. The van der Waals surface area contributed by atoms with Crippen LogP contribution in [0, 0.1) is 0 Å². The molecule has 5 nitrogen and oxygen atoms in total. The molecule has 0 saturated carbocycles. The van der Waals surface area contributed by atoms with E-state index in [1.165, 1.54) is 18.5 Å². The molecule has 0 aromatic rings. The van der Waals surface area contributed by atoms with Gasteiger partial charge in [0.1, 0.15) is 6.04 Å². The Bertz CT molecular complexity index is 291. The van der Waals surface area contributed by atoms with Crippen molar-refractivity contribution in [3.63, 3.8) is 0 Å². The Labute approximate surface area is 89.4 Å². The monoisotopic (exact) mass is 239 g/mol. The minimum absolute atomic E-state index is 0.895. The lowest BCUT2D eigenvalue weighted by Gasteiger charge is -2.15. The van der Waals surface area contributed by atoms with Gasteiger partial charge in [-0.15, -0.1) is 0 Å². The molecule has 1 radical (unpaired) electrons. The Morgan fingerprint density at radius 1 is 1.19 bits per heavy atom. The fraction of sp³-hybridized carbons (Fsp3) is 0.625. The molecule has 0 unspecified atom stereocenters. The SMILES string of the molecule is C[C@H](NC(=O)C(F)(F)F)C(=O)N[C@@H](C)[C]=O. The van der Waals surface area contributed by atoms with Crippen LogP contribution in [0.4, 0.5) is 13.2 Å². The number of rotatable bonds is 4. The quantitative estimate of drug-likeness (QED) is 0.705. The second kappa shape index (κ2) is 5.47. The van der Waals surface area contributed by atoms with Crippen LogP contribution in [0.2, 0.25) is 0 Å². The lowest BCUT2D eigenvalue weighted by atomic mass is 10.2. The fourth-order valence-corrected chi connectivity index (χ4v) is 0.712. The highest BCUT2D eigenvalue weighted by molar-refractivity contribution is 5.90. The van der Waals surface area contributed by atoms with Crippen molar-refractivity contribution in [3.8, 4) is 0 Å². The van der Waals surface area contributed by atoms with Gasteiger partial charge >= 0.3 is 12.1 Å². The molecule has 0 spiro atoms. The highest BCUT2D eigenvalue weighted by Gasteiger charge is 2.40. The number of amides is 2. The number of hydrogen-bond donors (Lipinski definition) is 2. The molecular weight excluding hydrogens is 229 g/mol. The Kier molecular flexibility index (Phi) is 4.93. The van der Waals surface area contributed by atoms with Gasteiger partial charge in [0, 0.05) is 0 Å². The van der Waals surface area contributed by atoms with Gasteiger partial charge in [-0.1, -0.05) is 0 Å². The number of carbonyl (C=O) groups excluding carboxylic acids is 3. The fourth-order valence-electron chi connectivity index (χ4n) is 0.712. The summed E-state index contributed by atoms with van der Waals surface area (Å²) in [4.78, 5) is 31.6. The number of carbonyl (C=O) groups is 2. The van der Waals surface area contributed by atoms with E-state index < -0.39 is 30.1 Å². The zero-order valence-corrected chi connectivity index (χ0v) is 8.51. The van der Waals surface area contributed by atoms with Gasteiger partial charge in [0.05, 0.1) is 6.04 Å². The molecule has 0 fully saturated rings. The van der Waals surface area contributed by atoms with E-state index in [9.17, 15) is 27.6 Å². The lowest BCUT2D eigenvalue weighted by molar-refractivity contribution is -0.174. The van der Waals surface area contributed by atoms with Crippen molar-refractivity contribution < 1.29 is 27.6 Å². The first-order valence-corrected chi connectivity index (χ1v) is 4.24. The van der Waals surface area contributed by atoms with Gasteiger partial charge in [0.15, 0.2) is 0 Å². The van der Waals surface area contributed by atoms with Gasteiger partial charge in [-0.25, -0.2) is 0 Å². The van der Waals surface area contributed by atoms with E-state index in [1.807, 2.05) is 5.32 Å². The van der Waals surface area contributed by atoms with Gasteiger partial charge in [-0.05, 0) is 13.8 Å². The van der Waals surface area contributed by atoms with Gasteiger partial charge in [-0.3, -0.25) is 14.4 Å². The first-order chi connectivity index (χ1) is 7.18. The van der Waals surface area contributed by atoms with Crippen LogP contribution in [-0.2, 0) is 14.4 Å². The molecular formula is C8H10F3N2O3. The summed E-state index contributed by atoms with van der Waals surface area (Å²) in [5, 5.41) is 3.48. The van der Waals surface area contributed by atoms with E-state index in [0.29, 0.717) is 0 Å². The average Bonchev–Trinajstić information content (AvgIpc) is 2.15. The predicted octanol–water partition coefficient (Wildman–Crippen LogP) is -0.332. The molecule has 0 aliphatic rings. The smallest absolute Gasteiger partial charge is 0.344 e. The van der Waals surface area contributed by atoms with Crippen LogP contribution in [0.5, 0.6) is 0 Å². The third kappa shape index (κ3) is 4.76. The van der Waals surface area contributed by atoms with E-state index in [0.717, 1.165) is 6.92 Å². The summed E-state index contributed by atoms with van der Waals surface area (Å²) in [6.45, 7) is 2.36. The summed E-state index contributed by atoms with van der Waals surface area (Å²) < 4.78 is 35.4. The Balaban J connectivity index is 4.26. The van der Waals surface area contributed by atoms with Gasteiger partial charge in [-0.2, -0.15) is 13.2 Å². The van der Waals surface area contributed by atoms with Crippen LogP contribution in [0.25, 0.3) is 0 Å². The topological polar surface area (TPSA) is 75.3 Å². The zero-order chi connectivity index (χ0) is 12.9. The molecule has 0 aliphatic carbocycles. The number of halogens is 3. The van der Waals surface area contributed by atoms with E-state index >= 15 is 0 Å². The molecule has 0 aromatic carbocycles. The minimum Gasteiger partial charge on any atom is -0.344 e. The van der Waals surface area contributed by atoms with Crippen LogP contribution < -0.4 is 10.6 Å². The molecule has 16 heavy (non-hydrogen) atoms. The normalized spacial score (nSPS) is 14.8. The predicted molar refractivity (Wildman–Crippen MR) is 47.0 cm³/mol. The van der Waals surface area contributed by atoms with Crippen molar-refractivity contribution >= 4 is 18.1 Å². The molecule has 2 N–H and O–H groups in total. The van der Waals surface area contributed by atoms with Gasteiger partial charge in [0.2, 0.25) is 12.2 Å². The summed E-state index contributed by atoms with van der Waals surface area (Å²) >= 11 is 0. The van der Waals surface area contributed by atoms with Crippen LogP contribution in [0.15, 0.2) is 0 Å². The molecule has 0 aromatic heterocycles. The number of alkyl halides is 3. The maximum Gasteiger partial charge on any atom is 0.471 e. The maximum atomic E-state index is 11.8. The third-order valence-corrected chi connectivity index (χ3v) is 1.53. The van der Waals surface area contributed by atoms with Gasteiger partial charge < -0.3 is 10.6 Å². The van der Waals surface area contributed by atoms with Crippen molar-refractivity contribution in [2.75, 3.05) is 0 Å². The summed E-state index contributed by atoms with van der Waals surface area (Å²) in [6.07, 6.45) is -3.63. The number of nitrogens with one attached hydrogen (secondary N) is 2. The molecule has 2 atom stereocenters. The van der Waals surface area contributed by atoms with E-state index in [2.05, 4.69) is 0 Å². The molecule has 2 amide bonds. The second-order valence-corrected chi connectivity index (χ2v) is 3.04. The second-order valence-electron chi connectivity index (χ2n) is 3.04. The molecule has 0 heterocycles. The van der Waals surface area contributed by atoms with Crippen LogP contribution in [-0.4, -0.2) is 36.4 Å². The molecule has 0 bridgehead atoms. The van der Waals surface area contributed by atoms with E-state index in [-0.39, 0.29) is 0 Å². The number of hydrogen-bond acceptors (Lipinski definition) is 3. The Hall–Kier alpha value is -1.60. The van der Waals surface area contributed by atoms with E-state index in [1.54, 1.807) is 0 Å². The maximum absolute atomic E-state index is 11.8. The zero-order valence-electron chi connectivity index (χ0n) is 8.51. The highest BCUT2D eigenvalue weighted by Crippen LogP contribution is 2.14. The summed E-state index contributed by atoms with van der Waals surface area (Å²) in [7, 11) is 0. The Morgan fingerprint density at radius 2 is 1.69 bits per heavy atom. The molecule has 0 aliphatic heterocycles. The van der Waals surface area contributed by atoms with Crippen molar-refractivity contribution in [3.05, 3.63) is 0 Å². The van der Waals surface area contributed by atoms with Gasteiger partial charge in [0.25, 0.3) is 0 Å². The highest BCUT2D eigenvalue weighted by atomic mass is 19.4. The van der Waals surface area contributed by atoms with E-state index in [4.69, 9.17) is 0 Å². The Morgan fingerprint density at radius 3 is 2.06 bits per heavy atom. The average molecular weight is 239 g/mol. The van der Waals surface area contributed by atoms with Crippen LogP contribution in [0.3, 0.4) is 0 Å². The van der Waals surface area contributed by atoms with Crippen LogP contribution >= 0.6 is 0 Å².